The summed E-state index contributed by atoms with van der Waals surface area (Å²) in [6.45, 7) is 6.59. The predicted octanol–water partition coefficient (Wildman–Crippen LogP) is 5.97. The summed E-state index contributed by atoms with van der Waals surface area (Å²) in [5, 5.41) is 4.04. The summed E-state index contributed by atoms with van der Waals surface area (Å²) in [4.78, 5) is 0. The second kappa shape index (κ2) is 11.6. The number of nitrogens with one attached hydrogen (secondary N) is 1. The van der Waals surface area contributed by atoms with Crippen LogP contribution in [0.4, 0.5) is 0 Å². The molecule has 0 saturated heterocycles. The van der Waals surface area contributed by atoms with E-state index in [-0.39, 0.29) is 0 Å². The number of ether oxygens (including phenoxy) is 3. The van der Waals surface area contributed by atoms with Crippen molar-refractivity contribution >= 4 is 11.6 Å². The van der Waals surface area contributed by atoms with Crippen molar-refractivity contribution in [2.24, 2.45) is 0 Å². The van der Waals surface area contributed by atoms with E-state index in [9.17, 15) is 0 Å². The van der Waals surface area contributed by atoms with Crippen LogP contribution in [0.15, 0.2) is 60.7 Å². The normalized spacial score (nSPS) is 10.7. The Balaban J connectivity index is 1.60. The molecule has 0 amide bonds. The summed E-state index contributed by atoms with van der Waals surface area (Å²) >= 11 is 6.57. The molecule has 0 spiro atoms. The molecule has 31 heavy (non-hydrogen) atoms. The van der Waals surface area contributed by atoms with E-state index in [1.54, 1.807) is 7.11 Å². The van der Waals surface area contributed by atoms with Crippen LogP contribution >= 0.6 is 11.6 Å². The monoisotopic (exact) mass is 439 g/mol. The van der Waals surface area contributed by atoms with Gasteiger partial charge in [0, 0.05) is 6.54 Å². The van der Waals surface area contributed by atoms with Gasteiger partial charge in [0.2, 0.25) is 0 Å². The summed E-state index contributed by atoms with van der Waals surface area (Å²) < 4.78 is 17.1. The van der Waals surface area contributed by atoms with Gasteiger partial charge >= 0.3 is 0 Å². The standard InChI is InChI=1S/C26H30ClNO3/c1-4-30-25-16-21(17-28-14-13-20-9-11-23(29-3)12-10-20)15-24(27)26(25)31-18-22-8-6-5-7-19(22)2/h5-12,15-16,28H,4,13-14,17-18H2,1-3H3. The molecule has 3 aromatic rings. The zero-order chi connectivity index (χ0) is 22.1. The van der Waals surface area contributed by atoms with Crippen molar-refractivity contribution in [3.8, 4) is 17.2 Å². The van der Waals surface area contributed by atoms with Gasteiger partial charge in [-0.1, -0.05) is 48.0 Å². The van der Waals surface area contributed by atoms with Crippen LogP contribution in [-0.4, -0.2) is 20.3 Å². The van der Waals surface area contributed by atoms with E-state index in [1.807, 2.05) is 43.3 Å². The molecule has 0 radical (unpaired) electrons. The van der Waals surface area contributed by atoms with Gasteiger partial charge in [-0.15, -0.1) is 0 Å². The Labute approximate surface area is 190 Å². The van der Waals surface area contributed by atoms with E-state index in [0.717, 1.165) is 29.8 Å². The van der Waals surface area contributed by atoms with E-state index in [4.69, 9.17) is 25.8 Å². The van der Waals surface area contributed by atoms with E-state index >= 15 is 0 Å². The molecule has 4 nitrogen and oxygen atoms in total. The maximum Gasteiger partial charge on any atom is 0.180 e. The molecule has 1 N–H and O–H groups in total. The van der Waals surface area contributed by atoms with Crippen molar-refractivity contribution in [2.45, 2.75) is 33.4 Å². The van der Waals surface area contributed by atoms with Gasteiger partial charge in [0.25, 0.3) is 0 Å². The molecule has 0 aliphatic carbocycles. The van der Waals surface area contributed by atoms with E-state index < -0.39 is 0 Å². The number of hydrogen-bond acceptors (Lipinski definition) is 4. The fourth-order valence-electron chi connectivity index (χ4n) is 3.31. The minimum atomic E-state index is 0.450. The lowest BCUT2D eigenvalue weighted by Crippen LogP contribution is -2.17. The third kappa shape index (κ3) is 6.65. The first-order valence-corrected chi connectivity index (χ1v) is 10.9. The highest BCUT2D eigenvalue weighted by molar-refractivity contribution is 6.32. The third-order valence-electron chi connectivity index (χ3n) is 5.08. The van der Waals surface area contributed by atoms with Crippen molar-refractivity contribution in [1.82, 2.24) is 5.32 Å². The molecule has 0 heterocycles. The molecule has 0 fully saturated rings. The zero-order valence-electron chi connectivity index (χ0n) is 18.4. The third-order valence-corrected chi connectivity index (χ3v) is 5.36. The van der Waals surface area contributed by atoms with Gasteiger partial charge in [0.05, 0.1) is 18.7 Å². The van der Waals surface area contributed by atoms with Crippen molar-refractivity contribution in [3.63, 3.8) is 0 Å². The van der Waals surface area contributed by atoms with Crippen LogP contribution in [0.1, 0.15) is 29.2 Å². The van der Waals surface area contributed by atoms with Crippen LogP contribution < -0.4 is 19.5 Å². The van der Waals surface area contributed by atoms with Crippen LogP contribution in [0, 0.1) is 6.92 Å². The minimum absolute atomic E-state index is 0.450. The summed E-state index contributed by atoms with van der Waals surface area (Å²) in [6.07, 6.45) is 0.938. The van der Waals surface area contributed by atoms with E-state index in [2.05, 4.69) is 36.5 Å². The number of halogens is 1. The number of rotatable bonds is 11. The highest BCUT2D eigenvalue weighted by Crippen LogP contribution is 2.37. The van der Waals surface area contributed by atoms with Crippen molar-refractivity contribution in [1.29, 1.82) is 0 Å². The van der Waals surface area contributed by atoms with E-state index in [1.165, 1.54) is 11.1 Å². The largest absolute Gasteiger partial charge is 0.497 e. The number of benzene rings is 3. The molecular formula is C26H30ClNO3. The van der Waals surface area contributed by atoms with Crippen LogP contribution in [0.5, 0.6) is 17.2 Å². The number of hydrogen-bond donors (Lipinski definition) is 1. The molecule has 0 bridgehead atoms. The first-order valence-electron chi connectivity index (χ1n) is 10.6. The van der Waals surface area contributed by atoms with Gasteiger partial charge in [-0.3, -0.25) is 0 Å². The number of methoxy groups -OCH3 is 1. The molecule has 5 heteroatoms. The Morgan fingerprint density at radius 1 is 0.935 bits per heavy atom. The zero-order valence-corrected chi connectivity index (χ0v) is 19.2. The topological polar surface area (TPSA) is 39.7 Å². The highest BCUT2D eigenvalue weighted by Gasteiger charge is 2.13. The molecule has 0 aliphatic heterocycles. The van der Waals surface area contributed by atoms with Crippen molar-refractivity contribution in [3.05, 3.63) is 87.9 Å². The van der Waals surface area contributed by atoms with Gasteiger partial charge in [-0.05, 0) is 73.3 Å². The second-order valence-corrected chi connectivity index (χ2v) is 7.74. The number of aryl methyl sites for hydroxylation is 1. The highest BCUT2D eigenvalue weighted by atomic mass is 35.5. The Bertz CT molecular complexity index is 973. The molecule has 3 aromatic carbocycles. The molecule has 0 aliphatic rings. The Morgan fingerprint density at radius 2 is 1.71 bits per heavy atom. The van der Waals surface area contributed by atoms with E-state index in [0.29, 0.717) is 36.3 Å². The van der Waals surface area contributed by atoms with Gasteiger partial charge in [0.1, 0.15) is 12.4 Å². The molecule has 0 saturated carbocycles. The molecule has 164 valence electrons. The average molecular weight is 440 g/mol. The lowest BCUT2D eigenvalue weighted by Gasteiger charge is -2.16. The fraction of sp³-hybridized carbons (Fsp3) is 0.308. The summed E-state index contributed by atoms with van der Waals surface area (Å²) in [5.41, 5.74) is 4.65. The summed E-state index contributed by atoms with van der Waals surface area (Å²) in [7, 11) is 1.68. The lowest BCUT2D eigenvalue weighted by atomic mass is 10.1. The second-order valence-electron chi connectivity index (χ2n) is 7.33. The van der Waals surface area contributed by atoms with Crippen molar-refractivity contribution < 1.29 is 14.2 Å². The maximum atomic E-state index is 6.57. The molecular weight excluding hydrogens is 410 g/mol. The summed E-state index contributed by atoms with van der Waals surface area (Å²) in [5.74, 6) is 2.14. The molecule has 0 aromatic heterocycles. The fourth-order valence-corrected chi connectivity index (χ4v) is 3.59. The Kier molecular flexibility index (Phi) is 8.63. The van der Waals surface area contributed by atoms with Crippen LogP contribution in [0.25, 0.3) is 0 Å². The van der Waals surface area contributed by atoms with Crippen LogP contribution in [0.3, 0.4) is 0 Å². The predicted molar refractivity (Wildman–Crippen MR) is 127 cm³/mol. The average Bonchev–Trinajstić information content (AvgIpc) is 2.78. The van der Waals surface area contributed by atoms with Gasteiger partial charge in [-0.2, -0.15) is 0 Å². The van der Waals surface area contributed by atoms with Gasteiger partial charge < -0.3 is 19.5 Å². The minimum Gasteiger partial charge on any atom is -0.497 e. The molecule has 0 atom stereocenters. The Hall–Kier alpha value is -2.69. The Morgan fingerprint density at radius 3 is 2.42 bits per heavy atom. The maximum absolute atomic E-state index is 6.57. The molecule has 0 unspecified atom stereocenters. The summed E-state index contributed by atoms with van der Waals surface area (Å²) in [6, 6.07) is 20.3. The van der Waals surface area contributed by atoms with Crippen molar-refractivity contribution in [2.75, 3.05) is 20.3 Å². The lowest BCUT2D eigenvalue weighted by molar-refractivity contribution is 0.269. The van der Waals surface area contributed by atoms with Crippen LogP contribution in [-0.2, 0) is 19.6 Å². The SMILES string of the molecule is CCOc1cc(CNCCc2ccc(OC)cc2)cc(Cl)c1OCc1ccccc1C. The van der Waals surface area contributed by atoms with Gasteiger partial charge in [0.15, 0.2) is 11.5 Å². The quantitative estimate of drug-likeness (QED) is 0.374. The van der Waals surface area contributed by atoms with Crippen LogP contribution in [0.2, 0.25) is 5.02 Å². The first-order chi connectivity index (χ1) is 15.1. The molecule has 3 rings (SSSR count). The first kappa shape index (κ1) is 23.0. The smallest absolute Gasteiger partial charge is 0.180 e. The van der Waals surface area contributed by atoms with Gasteiger partial charge in [-0.25, -0.2) is 0 Å².